The Bertz CT molecular complexity index is 912. The minimum absolute atomic E-state index is 0.305. The summed E-state index contributed by atoms with van der Waals surface area (Å²) in [6, 6.07) is 5.86. The Hall–Kier alpha value is -2.14. The number of rotatable bonds is 4. The van der Waals surface area contributed by atoms with Crippen molar-refractivity contribution in [3.63, 3.8) is 0 Å². The quantitative estimate of drug-likeness (QED) is 0.705. The molecule has 2 rings (SSSR count). The Morgan fingerprint density at radius 3 is 2.15 bits per heavy atom. The molecule has 0 unspecified atom stereocenters. The Kier molecular flexibility index (Phi) is 5.34. The molecule has 0 aliphatic heterocycles. The van der Waals surface area contributed by atoms with Crippen LogP contribution in [0.25, 0.3) is 0 Å². The summed E-state index contributed by atoms with van der Waals surface area (Å²) in [7, 11) is -4.83. The van der Waals surface area contributed by atoms with Gasteiger partial charge in [0.05, 0.1) is 11.3 Å². The van der Waals surface area contributed by atoms with Gasteiger partial charge in [0.1, 0.15) is 10.6 Å². The number of para-hydroxylation sites is 1. The first-order valence-electron chi connectivity index (χ1n) is 6.54. The molecule has 0 heterocycles. The van der Waals surface area contributed by atoms with Gasteiger partial charge in [-0.05, 0) is 30.3 Å². The molecular weight excluding hydrogens is 412 g/mol. The van der Waals surface area contributed by atoms with Crippen molar-refractivity contribution in [1.82, 2.24) is 0 Å². The zero-order valence-electron chi connectivity index (χ0n) is 12.3. The molecule has 26 heavy (non-hydrogen) atoms. The molecule has 0 atom stereocenters. The molecule has 0 amide bonds. The van der Waals surface area contributed by atoms with Crippen LogP contribution in [0.15, 0.2) is 47.4 Å². The summed E-state index contributed by atoms with van der Waals surface area (Å²) in [4.78, 5) is -0.986. The van der Waals surface area contributed by atoms with Crippen LogP contribution in [0.4, 0.5) is 32.0 Å². The second kappa shape index (κ2) is 6.88. The molecule has 142 valence electrons. The fourth-order valence-electron chi connectivity index (χ4n) is 1.92. The van der Waals surface area contributed by atoms with Crippen LogP contribution in [0.2, 0.25) is 5.02 Å². The SMILES string of the molecule is O=S(=O)(Nc1ccc(Cl)cc1C(F)(F)F)c1ccccc1OC(F)(F)F. The van der Waals surface area contributed by atoms with Crippen molar-refractivity contribution in [3.8, 4) is 5.75 Å². The lowest BCUT2D eigenvalue weighted by Gasteiger charge is -2.17. The van der Waals surface area contributed by atoms with E-state index < -0.39 is 44.5 Å². The summed E-state index contributed by atoms with van der Waals surface area (Å²) in [5.74, 6) is -1.09. The monoisotopic (exact) mass is 419 g/mol. The first kappa shape index (κ1) is 20.2. The number of anilines is 1. The fourth-order valence-corrected chi connectivity index (χ4v) is 3.30. The van der Waals surface area contributed by atoms with E-state index in [0.717, 1.165) is 30.3 Å². The molecule has 0 spiro atoms. The van der Waals surface area contributed by atoms with E-state index in [1.807, 2.05) is 0 Å². The normalized spacial score (nSPS) is 12.7. The number of alkyl halides is 6. The first-order valence-corrected chi connectivity index (χ1v) is 8.40. The highest BCUT2D eigenvalue weighted by molar-refractivity contribution is 7.92. The molecule has 0 saturated heterocycles. The molecule has 2 aromatic rings. The predicted octanol–water partition coefficient (Wildman–Crippen LogP) is 5.06. The highest BCUT2D eigenvalue weighted by Crippen LogP contribution is 2.38. The summed E-state index contributed by atoms with van der Waals surface area (Å²) in [6.07, 6.45) is -10.1. The molecule has 0 saturated carbocycles. The molecule has 0 aliphatic carbocycles. The van der Waals surface area contributed by atoms with Crippen LogP contribution in [0.5, 0.6) is 5.75 Å². The summed E-state index contributed by atoms with van der Waals surface area (Å²) in [6.45, 7) is 0. The van der Waals surface area contributed by atoms with Crippen molar-refractivity contribution < 1.29 is 39.5 Å². The van der Waals surface area contributed by atoms with Crippen molar-refractivity contribution in [2.45, 2.75) is 17.4 Å². The summed E-state index contributed by atoms with van der Waals surface area (Å²) in [5.41, 5.74) is -2.30. The molecule has 12 heteroatoms. The lowest BCUT2D eigenvalue weighted by atomic mass is 10.2. The number of ether oxygens (including phenoxy) is 1. The molecule has 0 bridgehead atoms. The summed E-state index contributed by atoms with van der Waals surface area (Å²) in [5, 5.41) is -0.305. The molecule has 1 N–H and O–H groups in total. The van der Waals surface area contributed by atoms with Crippen molar-refractivity contribution in [3.05, 3.63) is 53.1 Å². The van der Waals surface area contributed by atoms with Gasteiger partial charge in [0, 0.05) is 5.02 Å². The number of hydrogen-bond acceptors (Lipinski definition) is 3. The van der Waals surface area contributed by atoms with Crippen molar-refractivity contribution >= 4 is 27.3 Å². The van der Waals surface area contributed by atoms with Crippen molar-refractivity contribution in [2.75, 3.05) is 4.72 Å². The van der Waals surface area contributed by atoms with E-state index >= 15 is 0 Å². The fraction of sp³-hybridized carbons (Fsp3) is 0.143. The Balaban J connectivity index is 2.49. The van der Waals surface area contributed by atoms with E-state index in [1.54, 1.807) is 4.72 Å². The van der Waals surface area contributed by atoms with Crippen LogP contribution < -0.4 is 9.46 Å². The van der Waals surface area contributed by atoms with Gasteiger partial charge in [-0.25, -0.2) is 8.42 Å². The van der Waals surface area contributed by atoms with Crippen molar-refractivity contribution in [1.29, 1.82) is 0 Å². The maximum atomic E-state index is 13.0. The van der Waals surface area contributed by atoms with Gasteiger partial charge in [-0.2, -0.15) is 13.2 Å². The van der Waals surface area contributed by atoms with Crippen LogP contribution in [0.3, 0.4) is 0 Å². The van der Waals surface area contributed by atoms with Gasteiger partial charge in [0.25, 0.3) is 10.0 Å². The molecule has 0 radical (unpaired) electrons. The zero-order valence-corrected chi connectivity index (χ0v) is 13.9. The standard InChI is InChI=1S/C14H8ClF6NO3S/c15-8-5-6-10(9(7-8)13(16,17)18)22-26(23,24)12-4-2-1-3-11(12)25-14(19,20)21/h1-7,22H. The maximum absolute atomic E-state index is 13.0. The molecule has 0 aliphatic rings. The maximum Gasteiger partial charge on any atom is 0.573 e. The second-order valence-electron chi connectivity index (χ2n) is 4.79. The van der Waals surface area contributed by atoms with Gasteiger partial charge in [0.15, 0.2) is 0 Å². The van der Waals surface area contributed by atoms with Crippen LogP contribution in [-0.2, 0) is 16.2 Å². The molecule has 4 nitrogen and oxygen atoms in total. The van der Waals surface area contributed by atoms with Crippen LogP contribution in [0, 0.1) is 0 Å². The van der Waals surface area contributed by atoms with Gasteiger partial charge in [0.2, 0.25) is 0 Å². The second-order valence-corrected chi connectivity index (χ2v) is 6.87. The third kappa shape index (κ3) is 4.94. The number of hydrogen-bond donors (Lipinski definition) is 1. The van der Waals surface area contributed by atoms with Gasteiger partial charge in [-0.1, -0.05) is 23.7 Å². The number of halogens is 7. The van der Waals surface area contributed by atoms with Crippen LogP contribution >= 0.6 is 11.6 Å². The average Bonchev–Trinajstić information content (AvgIpc) is 2.46. The lowest BCUT2D eigenvalue weighted by molar-refractivity contribution is -0.275. The number of sulfonamides is 1. The van der Waals surface area contributed by atoms with Crippen LogP contribution in [0.1, 0.15) is 5.56 Å². The van der Waals surface area contributed by atoms with E-state index in [0.29, 0.717) is 12.1 Å². The Morgan fingerprint density at radius 2 is 1.58 bits per heavy atom. The molecule has 0 fully saturated rings. The average molecular weight is 420 g/mol. The third-order valence-electron chi connectivity index (χ3n) is 2.90. The van der Waals surface area contributed by atoms with Crippen molar-refractivity contribution in [2.24, 2.45) is 0 Å². The van der Waals surface area contributed by atoms with E-state index in [9.17, 15) is 34.8 Å². The van der Waals surface area contributed by atoms with E-state index in [1.165, 1.54) is 0 Å². The highest BCUT2D eigenvalue weighted by atomic mass is 35.5. The predicted molar refractivity (Wildman–Crippen MR) is 80.4 cm³/mol. The minimum Gasteiger partial charge on any atom is -0.404 e. The van der Waals surface area contributed by atoms with Gasteiger partial charge < -0.3 is 4.74 Å². The molecular formula is C14H8ClF6NO3S. The summed E-state index contributed by atoms with van der Waals surface area (Å²) < 4.78 is 106. The Labute approximate surface area is 148 Å². The zero-order chi connectivity index (χ0) is 19.8. The smallest absolute Gasteiger partial charge is 0.404 e. The summed E-state index contributed by atoms with van der Waals surface area (Å²) >= 11 is 5.49. The number of nitrogens with one attached hydrogen (secondary N) is 1. The van der Waals surface area contributed by atoms with E-state index in [-0.39, 0.29) is 5.02 Å². The topological polar surface area (TPSA) is 55.4 Å². The number of benzene rings is 2. The van der Waals surface area contributed by atoms with Gasteiger partial charge >= 0.3 is 12.5 Å². The van der Waals surface area contributed by atoms with E-state index in [4.69, 9.17) is 11.6 Å². The minimum atomic E-state index is -5.19. The highest BCUT2D eigenvalue weighted by Gasteiger charge is 2.37. The lowest BCUT2D eigenvalue weighted by Crippen LogP contribution is -2.21. The Morgan fingerprint density at radius 1 is 0.962 bits per heavy atom. The van der Waals surface area contributed by atoms with E-state index in [2.05, 4.69) is 4.74 Å². The van der Waals surface area contributed by atoms with Gasteiger partial charge in [-0.15, -0.1) is 13.2 Å². The molecule has 0 aromatic heterocycles. The third-order valence-corrected chi connectivity index (χ3v) is 4.54. The largest absolute Gasteiger partial charge is 0.573 e. The molecule has 2 aromatic carbocycles. The first-order chi connectivity index (χ1) is 11.8. The van der Waals surface area contributed by atoms with Gasteiger partial charge in [-0.3, -0.25) is 4.72 Å². The van der Waals surface area contributed by atoms with Crippen LogP contribution in [-0.4, -0.2) is 14.8 Å².